The molecule has 0 aliphatic carbocycles. The van der Waals surface area contributed by atoms with Gasteiger partial charge in [0.15, 0.2) is 23.0 Å². The number of benzene rings is 2. The van der Waals surface area contributed by atoms with E-state index in [-0.39, 0.29) is 12.4 Å². The minimum absolute atomic E-state index is 0.204. The van der Waals surface area contributed by atoms with Crippen molar-refractivity contribution < 1.29 is 18.9 Å². The summed E-state index contributed by atoms with van der Waals surface area (Å²) in [5, 5.41) is 0.463. The molecule has 29 heavy (non-hydrogen) atoms. The minimum atomic E-state index is -0.204. The minimum Gasteiger partial charge on any atom is -0.493 e. The highest BCUT2D eigenvalue weighted by molar-refractivity contribution is 5.81. The number of H-pyrrole nitrogens is 1. The van der Waals surface area contributed by atoms with E-state index in [2.05, 4.69) is 21.8 Å². The van der Waals surface area contributed by atoms with Crippen molar-refractivity contribution >= 4 is 10.9 Å². The molecule has 0 saturated carbocycles. The maximum Gasteiger partial charge on any atom is 0.258 e. The van der Waals surface area contributed by atoms with Crippen molar-refractivity contribution in [3.8, 4) is 23.0 Å². The maximum atomic E-state index is 12.6. The quantitative estimate of drug-likeness (QED) is 0.656. The third kappa shape index (κ3) is 3.84. The van der Waals surface area contributed by atoms with Crippen molar-refractivity contribution in [3.05, 3.63) is 52.1 Å². The van der Waals surface area contributed by atoms with Gasteiger partial charge in [0.2, 0.25) is 6.79 Å². The molecule has 2 aromatic carbocycles. The zero-order chi connectivity index (χ0) is 20.4. The first kappa shape index (κ1) is 19.1. The summed E-state index contributed by atoms with van der Waals surface area (Å²) in [6.07, 6.45) is 0. The fraction of sp³-hybridized carbons (Fsp3) is 0.333. The molecule has 152 valence electrons. The molecule has 0 unspecified atom stereocenters. The smallest absolute Gasteiger partial charge is 0.258 e. The van der Waals surface area contributed by atoms with Crippen LogP contribution in [0.25, 0.3) is 10.9 Å². The Kier molecular flexibility index (Phi) is 5.26. The van der Waals surface area contributed by atoms with Crippen molar-refractivity contribution in [1.29, 1.82) is 0 Å². The van der Waals surface area contributed by atoms with E-state index in [4.69, 9.17) is 18.9 Å². The number of aromatic amines is 1. The topological polar surface area (TPSA) is 85.9 Å². The summed E-state index contributed by atoms with van der Waals surface area (Å²) >= 11 is 0. The molecule has 0 atom stereocenters. The number of hydrogen-bond acceptors (Lipinski definition) is 7. The molecule has 2 heterocycles. The number of methoxy groups -OCH3 is 2. The van der Waals surface area contributed by atoms with Crippen LogP contribution in [0.2, 0.25) is 0 Å². The predicted octanol–water partition coefficient (Wildman–Crippen LogP) is 2.69. The number of nitrogens with zero attached hydrogens (tertiary/aromatic N) is 2. The van der Waals surface area contributed by atoms with Crippen LogP contribution in [0.5, 0.6) is 23.0 Å². The second-order valence-corrected chi connectivity index (χ2v) is 6.73. The molecule has 8 nitrogen and oxygen atoms in total. The summed E-state index contributed by atoms with van der Waals surface area (Å²) < 4.78 is 21.4. The van der Waals surface area contributed by atoms with E-state index in [0.717, 1.165) is 23.6 Å². The van der Waals surface area contributed by atoms with Gasteiger partial charge in [-0.25, -0.2) is 4.98 Å². The number of rotatable bonds is 7. The third-order valence-electron chi connectivity index (χ3n) is 4.92. The van der Waals surface area contributed by atoms with Crippen molar-refractivity contribution in [2.75, 3.05) is 27.6 Å². The molecule has 8 heteroatoms. The van der Waals surface area contributed by atoms with Crippen LogP contribution in [0.15, 0.2) is 35.1 Å². The molecule has 1 aromatic heterocycles. The average Bonchev–Trinajstić information content (AvgIpc) is 3.20. The molecule has 0 spiro atoms. The monoisotopic (exact) mass is 397 g/mol. The van der Waals surface area contributed by atoms with Gasteiger partial charge >= 0.3 is 0 Å². The summed E-state index contributed by atoms with van der Waals surface area (Å²) in [5.74, 6) is 3.16. The Morgan fingerprint density at radius 2 is 1.83 bits per heavy atom. The second kappa shape index (κ2) is 8.00. The zero-order valence-electron chi connectivity index (χ0n) is 16.7. The molecule has 0 amide bonds. The Labute approximate surface area is 168 Å². The van der Waals surface area contributed by atoms with Crippen molar-refractivity contribution in [2.45, 2.75) is 20.0 Å². The van der Waals surface area contributed by atoms with Gasteiger partial charge in [-0.05, 0) is 30.3 Å². The van der Waals surface area contributed by atoms with Crippen LogP contribution in [-0.2, 0) is 13.1 Å². The van der Waals surface area contributed by atoms with E-state index in [1.165, 1.54) is 7.11 Å². The summed E-state index contributed by atoms with van der Waals surface area (Å²) in [5.41, 5.74) is 1.47. The molecule has 0 fully saturated rings. The Balaban J connectivity index is 1.59. The van der Waals surface area contributed by atoms with Gasteiger partial charge in [-0.1, -0.05) is 13.0 Å². The van der Waals surface area contributed by atoms with Gasteiger partial charge in [0.05, 0.1) is 31.7 Å². The number of nitrogens with one attached hydrogen (secondary N) is 1. The lowest BCUT2D eigenvalue weighted by Gasteiger charge is -2.20. The van der Waals surface area contributed by atoms with Crippen molar-refractivity contribution in [2.24, 2.45) is 0 Å². The summed E-state index contributed by atoms with van der Waals surface area (Å²) in [7, 11) is 3.09. The van der Waals surface area contributed by atoms with Crippen LogP contribution >= 0.6 is 0 Å². The molecule has 1 aliphatic rings. The molecular formula is C21H23N3O5. The van der Waals surface area contributed by atoms with E-state index >= 15 is 0 Å². The molecule has 0 radical (unpaired) electrons. The number of hydrogen-bond donors (Lipinski definition) is 1. The summed E-state index contributed by atoms with van der Waals surface area (Å²) in [6, 6.07) is 9.29. The van der Waals surface area contributed by atoms with Gasteiger partial charge in [-0.2, -0.15) is 0 Å². The second-order valence-electron chi connectivity index (χ2n) is 6.73. The number of ether oxygens (including phenoxy) is 4. The average molecular weight is 397 g/mol. The molecule has 0 bridgehead atoms. The van der Waals surface area contributed by atoms with E-state index in [1.54, 1.807) is 19.2 Å². The van der Waals surface area contributed by atoms with E-state index in [1.807, 2.05) is 18.2 Å². The van der Waals surface area contributed by atoms with Crippen LogP contribution in [0.1, 0.15) is 18.3 Å². The third-order valence-corrected chi connectivity index (χ3v) is 4.92. The number of fused-ring (bicyclic) bond motifs is 2. The first-order valence-corrected chi connectivity index (χ1v) is 9.37. The van der Waals surface area contributed by atoms with Crippen molar-refractivity contribution in [1.82, 2.24) is 14.9 Å². The van der Waals surface area contributed by atoms with Crippen LogP contribution in [0.4, 0.5) is 0 Å². The SMILES string of the molecule is CCN(Cc1ccc2c(c1)OCO2)Cc1nc2cc(OC)c(OC)cc2c(=O)[nH]1. The van der Waals surface area contributed by atoms with Gasteiger partial charge in [-0.3, -0.25) is 9.69 Å². The van der Waals surface area contributed by atoms with Gasteiger partial charge in [0.1, 0.15) is 5.82 Å². The Morgan fingerprint density at radius 1 is 1.07 bits per heavy atom. The maximum absolute atomic E-state index is 12.6. The van der Waals surface area contributed by atoms with E-state index in [9.17, 15) is 4.79 Å². The van der Waals surface area contributed by atoms with Crippen LogP contribution in [0, 0.1) is 0 Å². The van der Waals surface area contributed by atoms with Gasteiger partial charge in [0.25, 0.3) is 5.56 Å². The lowest BCUT2D eigenvalue weighted by molar-refractivity contribution is 0.174. The fourth-order valence-electron chi connectivity index (χ4n) is 3.38. The molecular weight excluding hydrogens is 374 g/mol. The Hall–Kier alpha value is -3.26. The molecule has 4 rings (SSSR count). The number of aromatic nitrogens is 2. The first-order chi connectivity index (χ1) is 14.1. The van der Waals surface area contributed by atoms with Crippen LogP contribution in [0.3, 0.4) is 0 Å². The van der Waals surface area contributed by atoms with Crippen LogP contribution < -0.4 is 24.5 Å². The van der Waals surface area contributed by atoms with Crippen LogP contribution in [-0.4, -0.2) is 42.4 Å². The summed E-state index contributed by atoms with van der Waals surface area (Å²) in [6.45, 7) is 4.32. The Morgan fingerprint density at radius 3 is 2.59 bits per heavy atom. The Bertz CT molecular complexity index is 1100. The highest BCUT2D eigenvalue weighted by atomic mass is 16.7. The summed E-state index contributed by atoms with van der Waals surface area (Å²) in [4.78, 5) is 22.3. The lowest BCUT2D eigenvalue weighted by atomic mass is 10.2. The fourth-order valence-corrected chi connectivity index (χ4v) is 3.38. The standard InChI is InChI=1S/C21H23N3O5/c1-4-24(10-13-5-6-16-19(7-13)29-12-28-16)11-20-22-15-9-18(27-3)17(26-2)8-14(15)21(25)23-20/h5-9H,4,10-12H2,1-3H3,(H,22,23,25). The zero-order valence-corrected chi connectivity index (χ0v) is 16.7. The lowest BCUT2D eigenvalue weighted by Crippen LogP contribution is -2.25. The van der Waals surface area contributed by atoms with Gasteiger partial charge in [-0.15, -0.1) is 0 Å². The van der Waals surface area contributed by atoms with E-state index < -0.39 is 0 Å². The highest BCUT2D eigenvalue weighted by Gasteiger charge is 2.16. The highest BCUT2D eigenvalue weighted by Crippen LogP contribution is 2.33. The first-order valence-electron chi connectivity index (χ1n) is 9.37. The van der Waals surface area contributed by atoms with Crippen molar-refractivity contribution in [3.63, 3.8) is 0 Å². The predicted molar refractivity (Wildman–Crippen MR) is 108 cm³/mol. The molecule has 1 aliphatic heterocycles. The van der Waals surface area contributed by atoms with Gasteiger partial charge < -0.3 is 23.9 Å². The normalized spacial score (nSPS) is 12.6. The molecule has 3 aromatic rings. The molecule has 0 saturated heterocycles. The molecule has 1 N–H and O–H groups in total. The van der Waals surface area contributed by atoms with Gasteiger partial charge in [0, 0.05) is 12.6 Å². The van der Waals surface area contributed by atoms with E-state index in [0.29, 0.717) is 41.3 Å². The largest absolute Gasteiger partial charge is 0.493 e.